The number of fused-ring (bicyclic) bond motifs is 4. The maximum absolute atomic E-state index is 5.18. The van der Waals surface area contributed by atoms with Crippen molar-refractivity contribution in [2.45, 2.75) is 51.6 Å². The van der Waals surface area contributed by atoms with Gasteiger partial charge in [-0.15, -0.1) is 0 Å². The van der Waals surface area contributed by atoms with Crippen molar-refractivity contribution in [3.8, 4) is 0 Å². The first-order chi connectivity index (χ1) is 19.3. The van der Waals surface area contributed by atoms with Crippen molar-refractivity contribution in [3.05, 3.63) is 108 Å². The van der Waals surface area contributed by atoms with E-state index in [0.29, 0.717) is 0 Å². The van der Waals surface area contributed by atoms with Gasteiger partial charge >= 0.3 is 0 Å². The molecule has 194 valence electrons. The van der Waals surface area contributed by atoms with Crippen molar-refractivity contribution < 1.29 is 0 Å². The molecule has 0 N–H and O–H groups in total. The molecule has 0 radical (unpaired) electrons. The zero-order valence-electron chi connectivity index (χ0n) is 22.3. The SMILES string of the molecule is CCCCCCn1c2ccccc2c2cc(C3CC(c4ccccc4)=NN3c3nc4ccccc4s3)ccc21. The minimum absolute atomic E-state index is 0.0943. The molecule has 0 saturated carbocycles. The summed E-state index contributed by atoms with van der Waals surface area (Å²) in [5.74, 6) is 0. The standard InChI is InChI=1S/C34H32N4S/c1-2-3-4-12-21-37-30-17-10-8-15-26(30)27-22-25(19-20-31(27)37)32-23-29(24-13-6-5-7-14-24)36-38(32)34-35-28-16-9-11-18-33(28)39-34/h5-11,13-20,22,32H,2-4,12,21,23H2,1H3. The maximum atomic E-state index is 5.18. The van der Waals surface area contributed by atoms with Crippen LogP contribution in [0.4, 0.5) is 5.13 Å². The number of nitrogens with zero attached hydrogens (tertiary/aromatic N) is 4. The molecule has 7 rings (SSSR count). The Kier molecular flexibility index (Phi) is 6.37. The summed E-state index contributed by atoms with van der Waals surface area (Å²) in [6.45, 7) is 3.33. The van der Waals surface area contributed by atoms with E-state index in [9.17, 15) is 0 Å². The van der Waals surface area contributed by atoms with Gasteiger partial charge < -0.3 is 4.57 Å². The summed E-state index contributed by atoms with van der Waals surface area (Å²) < 4.78 is 3.71. The number of thiazole rings is 1. The van der Waals surface area contributed by atoms with Crippen LogP contribution in [0.2, 0.25) is 0 Å². The quantitative estimate of drug-likeness (QED) is 0.184. The summed E-state index contributed by atoms with van der Waals surface area (Å²) in [5, 5.41) is 11.0. The Balaban J connectivity index is 1.32. The molecule has 1 unspecified atom stereocenters. The molecule has 5 heteroatoms. The van der Waals surface area contributed by atoms with Crippen molar-refractivity contribution in [2.24, 2.45) is 5.10 Å². The topological polar surface area (TPSA) is 33.4 Å². The Morgan fingerprint density at radius 1 is 0.795 bits per heavy atom. The number of hydrogen-bond donors (Lipinski definition) is 0. The largest absolute Gasteiger partial charge is 0.340 e. The van der Waals surface area contributed by atoms with Crippen LogP contribution in [0.15, 0.2) is 102 Å². The van der Waals surface area contributed by atoms with Gasteiger partial charge in [0.15, 0.2) is 0 Å². The van der Waals surface area contributed by atoms with E-state index in [1.807, 2.05) is 0 Å². The monoisotopic (exact) mass is 528 g/mol. The fourth-order valence-corrected chi connectivity index (χ4v) is 6.89. The van der Waals surface area contributed by atoms with E-state index in [-0.39, 0.29) is 6.04 Å². The molecular weight excluding hydrogens is 496 g/mol. The lowest BCUT2D eigenvalue weighted by Crippen LogP contribution is -2.18. The highest BCUT2D eigenvalue weighted by Crippen LogP contribution is 2.41. The van der Waals surface area contributed by atoms with Gasteiger partial charge in [0.25, 0.3) is 0 Å². The van der Waals surface area contributed by atoms with Crippen LogP contribution in [0.5, 0.6) is 0 Å². The van der Waals surface area contributed by atoms with Gasteiger partial charge in [-0.2, -0.15) is 5.10 Å². The van der Waals surface area contributed by atoms with Crippen molar-refractivity contribution >= 4 is 54.2 Å². The van der Waals surface area contributed by atoms with Gasteiger partial charge in [0.05, 0.1) is 22.0 Å². The van der Waals surface area contributed by atoms with Gasteiger partial charge in [-0.25, -0.2) is 9.99 Å². The van der Waals surface area contributed by atoms with E-state index < -0.39 is 0 Å². The lowest BCUT2D eigenvalue weighted by molar-refractivity contribution is 0.602. The lowest BCUT2D eigenvalue weighted by Gasteiger charge is -2.21. The van der Waals surface area contributed by atoms with E-state index in [1.54, 1.807) is 11.3 Å². The predicted octanol–water partition coefficient (Wildman–Crippen LogP) is 9.34. The predicted molar refractivity (Wildman–Crippen MR) is 166 cm³/mol. The Morgan fingerprint density at radius 2 is 1.59 bits per heavy atom. The molecule has 4 nitrogen and oxygen atoms in total. The zero-order valence-corrected chi connectivity index (χ0v) is 23.1. The molecule has 4 aromatic carbocycles. The van der Waals surface area contributed by atoms with Crippen LogP contribution in [0.3, 0.4) is 0 Å². The first kappa shape index (κ1) is 24.1. The number of aromatic nitrogens is 2. The highest BCUT2D eigenvalue weighted by atomic mass is 32.1. The van der Waals surface area contributed by atoms with Crippen LogP contribution in [-0.2, 0) is 6.54 Å². The Hall–Kier alpha value is -3.96. The summed E-state index contributed by atoms with van der Waals surface area (Å²) in [6, 6.07) is 35.0. The number of anilines is 1. The molecule has 0 amide bonds. The fourth-order valence-electron chi connectivity index (χ4n) is 5.93. The number of aryl methyl sites for hydroxylation is 1. The molecule has 0 spiro atoms. The molecule has 3 heterocycles. The fraction of sp³-hybridized carbons (Fsp3) is 0.235. The Morgan fingerprint density at radius 3 is 2.46 bits per heavy atom. The average molecular weight is 529 g/mol. The van der Waals surface area contributed by atoms with Crippen molar-refractivity contribution in [3.63, 3.8) is 0 Å². The van der Waals surface area contributed by atoms with E-state index in [0.717, 1.165) is 29.3 Å². The number of benzene rings is 4. The molecular formula is C34H32N4S. The van der Waals surface area contributed by atoms with E-state index in [1.165, 1.54) is 63.3 Å². The molecule has 39 heavy (non-hydrogen) atoms. The Bertz CT molecular complexity index is 1760. The second-order valence-electron chi connectivity index (χ2n) is 10.4. The van der Waals surface area contributed by atoms with Crippen molar-refractivity contribution in [1.82, 2.24) is 9.55 Å². The van der Waals surface area contributed by atoms with Gasteiger partial charge in [-0.3, -0.25) is 0 Å². The molecule has 0 aliphatic carbocycles. The Labute approximate surface area is 233 Å². The summed E-state index contributed by atoms with van der Waals surface area (Å²) >= 11 is 1.72. The smallest absolute Gasteiger partial charge is 0.207 e. The van der Waals surface area contributed by atoms with Crippen molar-refractivity contribution in [2.75, 3.05) is 5.01 Å². The lowest BCUT2D eigenvalue weighted by atomic mass is 9.97. The van der Waals surface area contributed by atoms with Crippen LogP contribution >= 0.6 is 11.3 Å². The normalized spacial score (nSPS) is 15.6. The van der Waals surface area contributed by atoms with Crippen molar-refractivity contribution in [1.29, 1.82) is 0 Å². The summed E-state index contributed by atoms with van der Waals surface area (Å²) in [4.78, 5) is 5.00. The summed E-state index contributed by atoms with van der Waals surface area (Å²) in [5.41, 5.74) is 7.25. The highest BCUT2D eigenvalue weighted by molar-refractivity contribution is 7.22. The average Bonchev–Trinajstić information content (AvgIpc) is 3.70. The van der Waals surface area contributed by atoms with Crippen LogP contribution < -0.4 is 5.01 Å². The first-order valence-corrected chi connectivity index (χ1v) is 14.9. The van der Waals surface area contributed by atoms with Gasteiger partial charge in [0.2, 0.25) is 5.13 Å². The molecule has 0 fully saturated rings. The molecule has 6 aromatic rings. The molecule has 1 aliphatic rings. The van der Waals surface area contributed by atoms with E-state index in [4.69, 9.17) is 10.1 Å². The number of rotatable bonds is 8. The molecule has 1 aliphatic heterocycles. The third-order valence-electron chi connectivity index (χ3n) is 7.91. The minimum atomic E-state index is 0.0943. The second kappa shape index (κ2) is 10.3. The third kappa shape index (κ3) is 4.41. The van der Waals surface area contributed by atoms with Crippen LogP contribution in [0.25, 0.3) is 32.0 Å². The van der Waals surface area contributed by atoms with Gasteiger partial charge in [-0.1, -0.05) is 104 Å². The molecule has 0 saturated heterocycles. The van der Waals surface area contributed by atoms with E-state index in [2.05, 4.69) is 114 Å². The molecule has 1 atom stereocenters. The molecule has 0 bridgehead atoms. The maximum Gasteiger partial charge on any atom is 0.207 e. The third-order valence-corrected chi connectivity index (χ3v) is 8.94. The molecule has 2 aromatic heterocycles. The zero-order chi connectivity index (χ0) is 26.2. The number of hydrazone groups is 1. The van der Waals surface area contributed by atoms with Gasteiger partial charge in [-0.05, 0) is 47.9 Å². The van der Waals surface area contributed by atoms with Crippen LogP contribution in [0.1, 0.15) is 56.2 Å². The number of unbranched alkanes of at least 4 members (excludes halogenated alkanes) is 3. The highest BCUT2D eigenvalue weighted by Gasteiger charge is 2.32. The van der Waals surface area contributed by atoms with Gasteiger partial charge in [0, 0.05) is 34.8 Å². The van der Waals surface area contributed by atoms with E-state index >= 15 is 0 Å². The van der Waals surface area contributed by atoms with Crippen LogP contribution in [-0.4, -0.2) is 15.3 Å². The second-order valence-corrected chi connectivity index (χ2v) is 11.5. The summed E-state index contributed by atoms with van der Waals surface area (Å²) in [7, 11) is 0. The summed E-state index contributed by atoms with van der Waals surface area (Å²) in [6.07, 6.45) is 5.90. The first-order valence-electron chi connectivity index (χ1n) is 14.1. The van der Waals surface area contributed by atoms with Gasteiger partial charge in [0.1, 0.15) is 0 Å². The van der Waals surface area contributed by atoms with Crippen LogP contribution in [0, 0.1) is 0 Å². The number of hydrogen-bond acceptors (Lipinski definition) is 4. The number of para-hydroxylation sites is 2. The minimum Gasteiger partial charge on any atom is -0.340 e.